The van der Waals surface area contributed by atoms with E-state index in [-0.39, 0.29) is 0 Å². The van der Waals surface area contributed by atoms with Crippen LogP contribution in [0, 0.1) is 0 Å². The number of hydrogen-bond acceptors (Lipinski definition) is 5. The van der Waals surface area contributed by atoms with Crippen LogP contribution in [0.2, 0.25) is 0 Å². The van der Waals surface area contributed by atoms with Gasteiger partial charge in [0, 0.05) is 45.9 Å². The molecule has 28 heavy (non-hydrogen) atoms. The van der Waals surface area contributed by atoms with Crippen molar-refractivity contribution in [1.82, 2.24) is 15.1 Å². The van der Waals surface area contributed by atoms with Crippen molar-refractivity contribution in [2.75, 3.05) is 66.3 Å². The van der Waals surface area contributed by atoms with Gasteiger partial charge in [-0.2, -0.15) is 0 Å². The van der Waals surface area contributed by atoms with E-state index in [2.05, 4.69) is 34.2 Å². The predicted molar refractivity (Wildman–Crippen MR) is 111 cm³/mol. The summed E-state index contributed by atoms with van der Waals surface area (Å²) in [5.74, 6) is 1.88. The van der Waals surface area contributed by atoms with Gasteiger partial charge >= 0.3 is 0 Å². The third kappa shape index (κ3) is 6.09. The SMILES string of the molecule is CCNC(=NCc1ccc(OCCOC)cc1)N1CCC(N2CCOCC2)C1. The molecule has 2 aliphatic rings. The van der Waals surface area contributed by atoms with Gasteiger partial charge < -0.3 is 24.4 Å². The summed E-state index contributed by atoms with van der Waals surface area (Å²) in [5.41, 5.74) is 1.18. The summed E-state index contributed by atoms with van der Waals surface area (Å²) in [4.78, 5) is 9.84. The molecular weight excluding hydrogens is 356 g/mol. The van der Waals surface area contributed by atoms with Crippen LogP contribution in [-0.2, 0) is 16.0 Å². The van der Waals surface area contributed by atoms with Crippen molar-refractivity contribution < 1.29 is 14.2 Å². The van der Waals surface area contributed by atoms with E-state index >= 15 is 0 Å². The zero-order valence-corrected chi connectivity index (χ0v) is 17.2. The molecule has 2 heterocycles. The van der Waals surface area contributed by atoms with Crippen LogP contribution in [0.5, 0.6) is 5.75 Å². The molecule has 2 saturated heterocycles. The first-order chi connectivity index (χ1) is 13.8. The fourth-order valence-corrected chi connectivity index (χ4v) is 3.70. The van der Waals surface area contributed by atoms with Crippen LogP contribution in [0.15, 0.2) is 29.3 Å². The molecule has 7 heteroatoms. The first-order valence-corrected chi connectivity index (χ1v) is 10.4. The van der Waals surface area contributed by atoms with Gasteiger partial charge in [-0.15, -0.1) is 0 Å². The molecular formula is C21H34N4O3. The van der Waals surface area contributed by atoms with Gasteiger partial charge in [0.15, 0.2) is 5.96 Å². The van der Waals surface area contributed by atoms with E-state index in [9.17, 15) is 0 Å². The number of benzene rings is 1. The Morgan fingerprint density at radius 2 is 1.96 bits per heavy atom. The van der Waals surface area contributed by atoms with Gasteiger partial charge in [0.1, 0.15) is 12.4 Å². The lowest BCUT2D eigenvalue weighted by Crippen LogP contribution is -2.46. The zero-order valence-electron chi connectivity index (χ0n) is 17.2. The summed E-state index contributed by atoms with van der Waals surface area (Å²) in [6, 6.07) is 8.76. The van der Waals surface area contributed by atoms with Crippen molar-refractivity contribution in [3.63, 3.8) is 0 Å². The number of nitrogens with zero attached hydrogens (tertiary/aromatic N) is 3. The lowest BCUT2D eigenvalue weighted by atomic mass is 10.2. The van der Waals surface area contributed by atoms with Gasteiger partial charge in [0.25, 0.3) is 0 Å². The molecule has 2 fully saturated rings. The average Bonchev–Trinajstić information content (AvgIpc) is 3.23. The summed E-state index contributed by atoms with van der Waals surface area (Å²) in [5, 5.41) is 3.46. The van der Waals surface area contributed by atoms with Crippen LogP contribution in [-0.4, -0.2) is 88.1 Å². The normalized spacial score (nSPS) is 21.1. The van der Waals surface area contributed by atoms with Crippen LogP contribution in [0.4, 0.5) is 0 Å². The summed E-state index contributed by atoms with van der Waals surface area (Å²) >= 11 is 0. The number of hydrogen-bond donors (Lipinski definition) is 1. The Morgan fingerprint density at radius 3 is 2.68 bits per heavy atom. The number of ether oxygens (including phenoxy) is 3. The van der Waals surface area contributed by atoms with Gasteiger partial charge in [-0.1, -0.05) is 12.1 Å². The van der Waals surface area contributed by atoms with E-state index in [1.54, 1.807) is 7.11 Å². The minimum Gasteiger partial charge on any atom is -0.491 e. The van der Waals surface area contributed by atoms with Gasteiger partial charge in [-0.05, 0) is 31.0 Å². The Morgan fingerprint density at radius 1 is 1.18 bits per heavy atom. The van der Waals surface area contributed by atoms with Crippen LogP contribution in [0.3, 0.4) is 0 Å². The lowest BCUT2D eigenvalue weighted by molar-refractivity contribution is 0.0195. The first kappa shape index (κ1) is 20.9. The highest BCUT2D eigenvalue weighted by atomic mass is 16.5. The third-order valence-corrected chi connectivity index (χ3v) is 5.25. The molecule has 1 unspecified atom stereocenters. The Labute approximate surface area is 168 Å². The molecule has 1 aromatic carbocycles. The van der Waals surface area contributed by atoms with Crippen LogP contribution < -0.4 is 10.1 Å². The summed E-state index contributed by atoms with van der Waals surface area (Å²) in [6.07, 6.45) is 1.19. The molecule has 0 aromatic heterocycles. The van der Waals surface area contributed by atoms with Gasteiger partial charge in [-0.3, -0.25) is 4.90 Å². The molecule has 1 atom stereocenters. The molecule has 0 aliphatic carbocycles. The van der Waals surface area contributed by atoms with E-state index in [0.29, 0.717) is 25.8 Å². The molecule has 0 spiro atoms. The Kier molecular flexibility index (Phi) is 8.39. The highest BCUT2D eigenvalue weighted by molar-refractivity contribution is 5.80. The topological polar surface area (TPSA) is 58.6 Å². The van der Waals surface area contributed by atoms with E-state index in [4.69, 9.17) is 19.2 Å². The Balaban J connectivity index is 1.53. The molecule has 0 amide bonds. The molecule has 1 N–H and O–H groups in total. The minimum absolute atomic E-state index is 0.567. The lowest BCUT2D eigenvalue weighted by Gasteiger charge is -2.32. The zero-order chi connectivity index (χ0) is 19.6. The van der Waals surface area contributed by atoms with Crippen molar-refractivity contribution in [2.24, 2.45) is 4.99 Å². The van der Waals surface area contributed by atoms with E-state index in [0.717, 1.165) is 57.6 Å². The predicted octanol–water partition coefficient (Wildman–Crippen LogP) is 1.58. The second kappa shape index (κ2) is 11.2. The van der Waals surface area contributed by atoms with E-state index in [1.165, 1.54) is 12.0 Å². The maximum absolute atomic E-state index is 5.62. The fourth-order valence-electron chi connectivity index (χ4n) is 3.70. The van der Waals surface area contributed by atoms with Crippen LogP contribution in [0.1, 0.15) is 18.9 Å². The van der Waals surface area contributed by atoms with Crippen molar-refractivity contribution in [2.45, 2.75) is 25.9 Å². The molecule has 0 saturated carbocycles. The molecule has 0 radical (unpaired) electrons. The number of nitrogens with one attached hydrogen (secondary N) is 1. The average molecular weight is 391 g/mol. The smallest absolute Gasteiger partial charge is 0.194 e. The second-order valence-corrected chi connectivity index (χ2v) is 7.19. The largest absolute Gasteiger partial charge is 0.491 e. The van der Waals surface area contributed by atoms with Gasteiger partial charge in [0.05, 0.1) is 26.4 Å². The number of morpholine rings is 1. The molecule has 7 nitrogen and oxygen atoms in total. The number of likely N-dealkylation sites (tertiary alicyclic amines) is 1. The van der Waals surface area contributed by atoms with Crippen molar-refractivity contribution in [3.8, 4) is 5.75 Å². The number of aliphatic imine (C=N–C) groups is 1. The number of rotatable bonds is 8. The van der Waals surface area contributed by atoms with Crippen molar-refractivity contribution >= 4 is 5.96 Å². The van der Waals surface area contributed by atoms with Crippen LogP contribution in [0.25, 0.3) is 0 Å². The number of methoxy groups -OCH3 is 1. The van der Waals surface area contributed by atoms with Gasteiger partial charge in [0.2, 0.25) is 0 Å². The van der Waals surface area contributed by atoms with Crippen molar-refractivity contribution in [3.05, 3.63) is 29.8 Å². The minimum atomic E-state index is 0.567. The standard InChI is InChI=1S/C21H34N4O3/c1-3-22-21(25-9-8-19(17-25)24-10-12-27-13-11-24)23-16-18-4-6-20(7-5-18)28-15-14-26-2/h4-7,19H,3,8-17H2,1-2H3,(H,22,23). The Hall–Kier alpha value is -1.83. The Bertz CT molecular complexity index is 602. The van der Waals surface area contributed by atoms with E-state index in [1.807, 2.05) is 12.1 Å². The molecule has 2 aliphatic heterocycles. The quantitative estimate of drug-likeness (QED) is 0.413. The number of guanidine groups is 1. The van der Waals surface area contributed by atoms with Crippen LogP contribution >= 0.6 is 0 Å². The van der Waals surface area contributed by atoms with E-state index < -0.39 is 0 Å². The summed E-state index contributed by atoms with van der Waals surface area (Å²) < 4.78 is 16.1. The molecule has 1 aromatic rings. The fraction of sp³-hybridized carbons (Fsp3) is 0.667. The molecule has 156 valence electrons. The highest BCUT2D eigenvalue weighted by Crippen LogP contribution is 2.18. The van der Waals surface area contributed by atoms with Gasteiger partial charge in [-0.25, -0.2) is 4.99 Å². The summed E-state index contributed by atoms with van der Waals surface area (Å²) in [6.45, 7) is 10.7. The first-order valence-electron chi connectivity index (χ1n) is 10.4. The summed E-state index contributed by atoms with van der Waals surface area (Å²) in [7, 11) is 1.68. The second-order valence-electron chi connectivity index (χ2n) is 7.19. The maximum atomic E-state index is 5.62. The highest BCUT2D eigenvalue weighted by Gasteiger charge is 2.30. The maximum Gasteiger partial charge on any atom is 0.194 e. The van der Waals surface area contributed by atoms with Crippen molar-refractivity contribution in [1.29, 1.82) is 0 Å². The third-order valence-electron chi connectivity index (χ3n) is 5.25. The molecule has 0 bridgehead atoms. The monoisotopic (exact) mass is 390 g/mol. The molecule has 3 rings (SSSR count).